The zero-order valence-electron chi connectivity index (χ0n) is 9.45. The third-order valence-electron chi connectivity index (χ3n) is 2.90. The fraction of sp³-hybridized carbons (Fsp3) is 0.727. The van der Waals surface area contributed by atoms with Crippen molar-refractivity contribution in [3.05, 3.63) is 17.0 Å². The lowest BCUT2D eigenvalue weighted by atomic mass is 9.99. The van der Waals surface area contributed by atoms with Gasteiger partial charge in [-0.25, -0.2) is 0 Å². The second kappa shape index (κ2) is 4.33. The number of aromatic nitrogens is 2. The Kier molecular flexibility index (Phi) is 3.07. The van der Waals surface area contributed by atoms with Crippen LogP contribution in [0.2, 0.25) is 0 Å². The van der Waals surface area contributed by atoms with Crippen molar-refractivity contribution in [2.75, 3.05) is 13.2 Å². The van der Waals surface area contributed by atoms with Gasteiger partial charge in [0.1, 0.15) is 0 Å². The van der Waals surface area contributed by atoms with E-state index in [0.29, 0.717) is 12.5 Å². The summed E-state index contributed by atoms with van der Waals surface area (Å²) in [6.45, 7) is 7.04. The Balaban J connectivity index is 2.40. The van der Waals surface area contributed by atoms with Crippen LogP contribution in [0.1, 0.15) is 36.7 Å². The smallest absolute Gasteiger partial charge is 0.0685 e. The molecule has 0 bridgehead atoms. The summed E-state index contributed by atoms with van der Waals surface area (Å²) in [6.07, 6.45) is 1.06. The third kappa shape index (κ3) is 1.92. The van der Waals surface area contributed by atoms with E-state index in [9.17, 15) is 0 Å². The van der Waals surface area contributed by atoms with Crippen molar-refractivity contribution in [1.82, 2.24) is 15.1 Å². The first-order valence-corrected chi connectivity index (χ1v) is 5.64. The summed E-state index contributed by atoms with van der Waals surface area (Å²) >= 11 is 0. The number of rotatable bonds is 3. The van der Waals surface area contributed by atoms with Crippen molar-refractivity contribution in [2.45, 2.75) is 39.3 Å². The number of fused-ring (bicyclic) bond motifs is 1. The molecule has 1 aliphatic heterocycles. The standard InChI is InChI=1S/C11H19N3O/c1-8(2)11-9-3-4-12-7-10(9)14(13-11)5-6-15/h8,12,15H,3-7H2,1-2H3. The number of hydrogen-bond donors (Lipinski definition) is 2. The van der Waals surface area contributed by atoms with Crippen LogP contribution in [0.25, 0.3) is 0 Å². The molecule has 0 saturated carbocycles. The maximum Gasteiger partial charge on any atom is 0.0685 e. The molecule has 0 aromatic carbocycles. The normalized spacial score (nSPS) is 15.7. The molecule has 1 aliphatic rings. The SMILES string of the molecule is CC(C)c1nn(CCO)c2c1CCNC2. The van der Waals surface area contributed by atoms with Crippen molar-refractivity contribution < 1.29 is 5.11 Å². The average molecular weight is 209 g/mol. The fourth-order valence-corrected chi connectivity index (χ4v) is 2.19. The van der Waals surface area contributed by atoms with Crippen LogP contribution < -0.4 is 5.32 Å². The van der Waals surface area contributed by atoms with Gasteiger partial charge in [0.05, 0.1) is 24.5 Å². The molecule has 0 saturated heterocycles. The lowest BCUT2D eigenvalue weighted by molar-refractivity contribution is 0.266. The summed E-state index contributed by atoms with van der Waals surface area (Å²) in [4.78, 5) is 0. The molecule has 1 aromatic rings. The zero-order valence-corrected chi connectivity index (χ0v) is 9.45. The van der Waals surface area contributed by atoms with Gasteiger partial charge in [-0.1, -0.05) is 13.8 Å². The van der Waals surface area contributed by atoms with Crippen molar-refractivity contribution in [1.29, 1.82) is 0 Å². The van der Waals surface area contributed by atoms with E-state index in [1.807, 2.05) is 4.68 Å². The molecule has 4 nitrogen and oxygen atoms in total. The Labute approximate surface area is 90.3 Å². The second-order valence-corrected chi connectivity index (χ2v) is 4.34. The Bertz CT molecular complexity index is 344. The topological polar surface area (TPSA) is 50.1 Å². The molecule has 0 spiro atoms. The molecule has 1 aromatic heterocycles. The quantitative estimate of drug-likeness (QED) is 0.768. The second-order valence-electron chi connectivity index (χ2n) is 4.34. The van der Waals surface area contributed by atoms with Crippen LogP contribution in [-0.4, -0.2) is 28.0 Å². The van der Waals surface area contributed by atoms with Crippen molar-refractivity contribution in [3.63, 3.8) is 0 Å². The molecular weight excluding hydrogens is 190 g/mol. The maximum atomic E-state index is 8.99. The molecule has 15 heavy (non-hydrogen) atoms. The first-order valence-electron chi connectivity index (χ1n) is 5.64. The van der Waals surface area contributed by atoms with E-state index < -0.39 is 0 Å². The van der Waals surface area contributed by atoms with Crippen LogP contribution in [-0.2, 0) is 19.5 Å². The zero-order chi connectivity index (χ0) is 10.8. The molecule has 84 valence electrons. The number of aliphatic hydroxyl groups excluding tert-OH is 1. The minimum Gasteiger partial charge on any atom is -0.394 e. The van der Waals surface area contributed by atoms with E-state index in [4.69, 9.17) is 5.11 Å². The van der Waals surface area contributed by atoms with Gasteiger partial charge in [-0.3, -0.25) is 4.68 Å². The van der Waals surface area contributed by atoms with Crippen LogP contribution in [0.4, 0.5) is 0 Å². The molecule has 0 radical (unpaired) electrons. The van der Waals surface area contributed by atoms with Gasteiger partial charge in [-0.15, -0.1) is 0 Å². The minimum atomic E-state index is 0.158. The van der Waals surface area contributed by atoms with Crippen LogP contribution in [0.15, 0.2) is 0 Å². The number of aliphatic hydroxyl groups is 1. The minimum absolute atomic E-state index is 0.158. The average Bonchev–Trinajstić information content (AvgIpc) is 2.59. The highest BCUT2D eigenvalue weighted by Crippen LogP contribution is 2.24. The molecule has 2 rings (SSSR count). The van der Waals surface area contributed by atoms with E-state index >= 15 is 0 Å². The molecule has 0 unspecified atom stereocenters. The van der Waals surface area contributed by atoms with E-state index in [-0.39, 0.29) is 6.61 Å². The van der Waals surface area contributed by atoms with Gasteiger partial charge in [0.2, 0.25) is 0 Å². The first kappa shape index (κ1) is 10.6. The summed E-state index contributed by atoms with van der Waals surface area (Å²) in [5, 5.41) is 16.9. The summed E-state index contributed by atoms with van der Waals surface area (Å²) in [5.41, 5.74) is 3.87. The molecule has 2 heterocycles. The number of nitrogens with zero attached hydrogens (tertiary/aromatic N) is 2. The van der Waals surface area contributed by atoms with Gasteiger partial charge in [0.25, 0.3) is 0 Å². The van der Waals surface area contributed by atoms with Gasteiger partial charge in [0, 0.05) is 6.54 Å². The number of nitrogens with one attached hydrogen (secondary N) is 1. The molecule has 2 N–H and O–H groups in total. The molecule has 0 amide bonds. The Morgan fingerprint density at radius 2 is 2.33 bits per heavy atom. The predicted octanol–water partition coefficient (Wildman–Crippen LogP) is 0.644. The van der Waals surface area contributed by atoms with Crippen LogP contribution in [0.5, 0.6) is 0 Å². The van der Waals surface area contributed by atoms with Gasteiger partial charge in [0.15, 0.2) is 0 Å². The van der Waals surface area contributed by atoms with Gasteiger partial charge < -0.3 is 10.4 Å². The predicted molar refractivity (Wildman–Crippen MR) is 58.8 cm³/mol. The summed E-state index contributed by atoms with van der Waals surface area (Å²) < 4.78 is 1.96. The summed E-state index contributed by atoms with van der Waals surface area (Å²) in [7, 11) is 0. The lowest BCUT2D eigenvalue weighted by Gasteiger charge is -2.15. The van der Waals surface area contributed by atoms with Crippen LogP contribution >= 0.6 is 0 Å². The molecule has 4 heteroatoms. The van der Waals surface area contributed by atoms with E-state index in [2.05, 4.69) is 24.3 Å². The monoisotopic (exact) mass is 209 g/mol. The number of hydrogen-bond acceptors (Lipinski definition) is 3. The van der Waals surface area contributed by atoms with Crippen LogP contribution in [0, 0.1) is 0 Å². The van der Waals surface area contributed by atoms with E-state index in [1.165, 1.54) is 17.0 Å². The van der Waals surface area contributed by atoms with Gasteiger partial charge in [-0.2, -0.15) is 5.10 Å². The maximum absolute atomic E-state index is 8.99. The van der Waals surface area contributed by atoms with Crippen molar-refractivity contribution in [3.8, 4) is 0 Å². The molecule has 0 aliphatic carbocycles. The molecule has 0 atom stereocenters. The summed E-state index contributed by atoms with van der Waals surface area (Å²) in [5.74, 6) is 0.469. The summed E-state index contributed by atoms with van der Waals surface area (Å²) in [6, 6.07) is 0. The van der Waals surface area contributed by atoms with Gasteiger partial charge in [-0.05, 0) is 24.4 Å². The van der Waals surface area contributed by atoms with E-state index in [0.717, 1.165) is 19.5 Å². The Morgan fingerprint density at radius 1 is 1.53 bits per heavy atom. The fourth-order valence-electron chi connectivity index (χ4n) is 2.19. The molecular formula is C11H19N3O. The van der Waals surface area contributed by atoms with E-state index in [1.54, 1.807) is 0 Å². The highest BCUT2D eigenvalue weighted by atomic mass is 16.3. The van der Waals surface area contributed by atoms with Crippen molar-refractivity contribution in [2.24, 2.45) is 0 Å². The van der Waals surface area contributed by atoms with Crippen LogP contribution in [0.3, 0.4) is 0 Å². The lowest BCUT2D eigenvalue weighted by Crippen LogP contribution is -2.26. The Hall–Kier alpha value is -0.870. The highest BCUT2D eigenvalue weighted by Gasteiger charge is 2.21. The first-order chi connectivity index (χ1) is 7.24. The Morgan fingerprint density at radius 3 is 3.00 bits per heavy atom. The third-order valence-corrected chi connectivity index (χ3v) is 2.90. The molecule has 0 fully saturated rings. The van der Waals surface area contributed by atoms with Gasteiger partial charge >= 0.3 is 0 Å². The highest BCUT2D eigenvalue weighted by molar-refractivity contribution is 5.30. The largest absolute Gasteiger partial charge is 0.394 e. The van der Waals surface area contributed by atoms with Crippen molar-refractivity contribution >= 4 is 0 Å².